The average molecular weight is 261 g/mol. The fourth-order valence-corrected chi connectivity index (χ4v) is 1.96. The molecule has 0 fully saturated rings. The van der Waals surface area contributed by atoms with E-state index in [1.165, 1.54) is 6.07 Å². The molecule has 0 amide bonds. The van der Waals surface area contributed by atoms with Crippen molar-refractivity contribution in [2.75, 3.05) is 26.2 Å². The molecule has 0 unspecified atom stereocenters. The van der Waals surface area contributed by atoms with Gasteiger partial charge in [-0.3, -0.25) is 0 Å². The minimum absolute atomic E-state index is 0.340. The van der Waals surface area contributed by atoms with Gasteiger partial charge < -0.3 is 14.1 Å². The molecule has 0 bridgehead atoms. The zero-order chi connectivity index (χ0) is 13.7. The molecule has 1 aromatic carbocycles. The van der Waals surface area contributed by atoms with Gasteiger partial charge in [0.15, 0.2) is 0 Å². The quantitative estimate of drug-likeness (QED) is 0.749. The second kappa shape index (κ2) is 6.38. The fourth-order valence-electron chi connectivity index (χ4n) is 1.96. The number of benzene rings is 1. The van der Waals surface area contributed by atoms with Crippen LogP contribution in [-0.4, -0.2) is 31.1 Å². The van der Waals surface area contributed by atoms with E-state index in [9.17, 15) is 4.79 Å². The first-order valence-corrected chi connectivity index (χ1v) is 6.62. The first-order valence-electron chi connectivity index (χ1n) is 6.62. The van der Waals surface area contributed by atoms with Crippen LogP contribution in [0.4, 0.5) is 0 Å². The van der Waals surface area contributed by atoms with Gasteiger partial charge in [0, 0.05) is 24.1 Å². The van der Waals surface area contributed by atoms with E-state index in [0.29, 0.717) is 12.2 Å². The summed E-state index contributed by atoms with van der Waals surface area (Å²) >= 11 is 0. The highest BCUT2D eigenvalue weighted by molar-refractivity contribution is 5.77. The summed E-state index contributed by atoms with van der Waals surface area (Å²) in [5.41, 5.74) is 0.223. The molecule has 0 saturated heterocycles. The van der Waals surface area contributed by atoms with Crippen LogP contribution < -0.4 is 10.4 Å². The third-order valence-corrected chi connectivity index (χ3v) is 3.17. The first kappa shape index (κ1) is 13.6. The van der Waals surface area contributed by atoms with E-state index in [1.54, 1.807) is 12.1 Å². The molecule has 2 aromatic rings. The number of hydrogen-bond acceptors (Lipinski definition) is 4. The van der Waals surface area contributed by atoms with E-state index in [-0.39, 0.29) is 5.63 Å². The molecule has 1 aromatic heterocycles. The zero-order valence-corrected chi connectivity index (χ0v) is 11.4. The standard InChI is InChI=1S/C15H19NO3/c1-3-16(4-2)9-10-18-13-7-5-12-6-8-15(17)19-14(12)11-13/h5-8,11H,3-4,9-10H2,1-2H3. The number of hydrogen-bond donors (Lipinski definition) is 0. The molecule has 0 aliphatic carbocycles. The molecule has 0 radical (unpaired) electrons. The molecule has 0 aliphatic rings. The summed E-state index contributed by atoms with van der Waals surface area (Å²) in [6.07, 6.45) is 0. The number of likely N-dealkylation sites (N-methyl/N-ethyl adjacent to an activating group) is 1. The molecule has 0 saturated carbocycles. The van der Waals surface area contributed by atoms with Crippen molar-refractivity contribution in [3.63, 3.8) is 0 Å². The molecule has 4 heteroatoms. The Kier molecular flexibility index (Phi) is 4.58. The topological polar surface area (TPSA) is 42.7 Å². The lowest BCUT2D eigenvalue weighted by Crippen LogP contribution is -2.27. The van der Waals surface area contributed by atoms with Crippen LogP contribution in [-0.2, 0) is 0 Å². The molecule has 19 heavy (non-hydrogen) atoms. The lowest BCUT2D eigenvalue weighted by Gasteiger charge is -2.17. The Morgan fingerprint density at radius 2 is 1.89 bits per heavy atom. The van der Waals surface area contributed by atoms with Crippen molar-refractivity contribution in [2.45, 2.75) is 13.8 Å². The summed E-state index contributed by atoms with van der Waals surface area (Å²) in [6, 6.07) is 8.72. The van der Waals surface area contributed by atoms with Crippen LogP contribution in [0.2, 0.25) is 0 Å². The molecule has 0 atom stereocenters. The Hall–Kier alpha value is -1.81. The summed E-state index contributed by atoms with van der Waals surface area (Å²) < 4.78 is 10.8. The minimum Gasteiger partial charge on any atom is -0.492 e. The number of rotatable bonds is 6. The Morgan fingerprint density at radius 1 is 1.16 bits per heavy atom. The van der Waals surface area contributed by atoms with E-state index in [4.69, 9.17) is 9.15 Å². The Morgan fingerprint density at radius 3 is 2.63 bits per heavy atom. The maximum Gasteiger partial charge on any atom is 0.336 e. The fraction of sp³-hybridized carbons (Fsp3) is 0.400. The number of ether oxygens (including phenoxy) is 1. The van der Waals surface area contributed by atoms with Crippen LogP contribution in [0.1, 0.15) is 13.8 Å². The second-order valence-corrected chi connectivity index (χ2v) is 4.33. The Bertz CT molecular complexity index is 587. The van der Waals surface area contributed by atoms with Crippen molar-refractivity contribution in [3.05, 3.63) is 40.8 Å². The summed E-state index contributed by atoms with van der Waals surface area (Å²) in [6.45, 7) is 7.83. The highest BCUT2D eigenvalue weighted by Crippen LogP contribution is 2.19. The van der Waals surface area contributed by atoms with E-state index in [2.05, 4.69) is 18.7 Å². The minimum atomic E-state index is -0.340. The normalized spacial score (nSPS) is 11.1. The van der Waals surface area contributed by atoms with Gasteiger partial charge in [0.1, 0.15) is 17.9 Å². The van der Waals surface area contributed by atoms with Crippen LogP contribution in [0.25, 0.3) is 11.0 Å². The van der Waals surface area contributed by atoms with Gasteiger partial charge in [0.2, 0.25) is 0 Å². The molecule has 0 N–H and O–H groups in total. The smallest absolute Gasteiger partial charge is 0.336 e. The highest BCUT2D eigenvalue weighted by atomic mass is 16.5. The average Bonchev–Trinajstić information content (AvgIpc) is 2.43. The highest BCUT2D eigenvalue weighted by Gasteiger charge is 2.02. The third-order valence-electron chi connectivity index (χ3n) is 3.17. The van der Waals surface area contributed by atoms with Gasteiger partial charge in [-0.05, 0) is 31.3 Å². The maximum absolute atomic E-state index is 11.2. The van der Waals surface area contributed by atoms with Crippen molar-refractivity contribution in [2.24, 2.45) is 0 Å². The number of nitrogens with zero attached hydrogens (tertiary/aromatic N) is 1. The molecule has 2 rings (SSSR count). The van der Waals surface area contributed by atoms with Crippen molar-refractivity contribution in [1.29, 1.82) is 0 Å². The zero-order valence-electron chi connectivity index (χ0n) is 11.4. The largest absolute Gasteiger partial charge is 0.492 e. The van der Waals surface area contributed by atoms with Crippen molar-refractivity contribution in [1.82, 2.24) is 4.90 Å². The first-order chi connectivity index (χ1) is 9.22. The summed E-state index contributed by atoms with van der Waals surface area (Å²) in [5.74, 6) is 0.731. The van der Waals surface area contributed by atoms with E-state index in [1.807, 2.05) is 12.1 Å². The van der Waals surface area contributed by atoms with Crippen LogP contribution in [0.15, 0.2) is 39.5 Å². The van der Waals surface area contributed by atoms with Crippen LogP contribution in [0.3, 0.4) is 0 Å². The van der Waals surface area contributed by atoms with Crippen LogP contribution in [0, 0.1) is 0 Å². The molecule has 0 spiro atoms. The summed E-state index contributed by atoms with van der Waals surface area (Å²) in [5, 5.41) is 0.899. The molecule has 0 aliphatic heterocycles. The van der Waals surface area contributed by atoms with Gasteiger partial charge in [0.05, 0.1) is 0 Å². The van der Waals surface area contributed by atoms with E-state index in [0.717, 1.165) is 30.8 Å². The summed E-state index contributed by atoms with van der Waals surface area (Å²) in [7, 11) is 0. The molecule has 102 valence electrons. The van der Waals surface area contributed by atoms with Crippen molar-refractivity contribution in [3.8, 4) is 5.75 Å². The third kappa shape index (κ3) is 3.58. The lowest BCUT2D eigenvalue weighted by molar-refractivity contribution is 0.223. The van der Waals surface area contributed by atoms with E-state index >= 15 is 0 Å². The van der Waals surface area contributed by atoms with Gasteiger partial charge in [-0.25, -0.2) is 4.79 Å². The molecule has 1 heterocycles. The van der Waals surface area contributed by atoms with Crippen molar-refractivity contribution < 1.29 is 9.15 Å². The van der Waals surface area contributed by atoms with Gasteiger partial charge in [0.25, 0.3) is 0 Å². The lowest BCUT2D eigenvalue weighted by atomic mass is 10.2. The molecular formula is C15H19NO3. The van der Waals surface area contributed by atoms with Crippen molar-refractivity contribution >= 4 is 11.0 Å². The Balaban J connectivity index is 2.03. The summed E-state index contributed by atoms with van der Waals surface area (Å²) in [4.78, 5) is 13.5. The van der Waals surface area contributed by atoms with Gasteiger partial charge in [-0.1, -0.05) is 13.8 Å². The molecular weight excluding hydrogens is 242 g/mol. The van der Waals surface area contributed by atoms with Gasteiger partial charge >= 0.3 is 5.63 Å². The monoisotopic (exact) mass is 261 g/mol. The SMILES string of the molecule is CCN(CC)CCOc1ccc2ccc(=O)oc2c1. The van der Waals surface area contributed by atoms with Crippen LogP contribution >= 0.6 is 0 Å². The Labute approximate surface area is 112 Å². The maximum atomic E-state index is 11.2. The predicted octanol–water partition coefficient (Wildman–Crippen LogP) is 2.51. The number of fused-ring (bicyclic) bond motifs is 1. The van der Waals surface area contributed by atoms with Gasteiger partial charge in [-0.15, -0.1) is 0 Å². The van der Waals surface area contributed by atoms with Gasteiger partial charge in [-0.2, -0.15) is 0 Å². The molecule has 4 nitrogen and oxygen atoms in total. The predicted molar refractivity (Wildman–Crippen MR) is 75.8 cm³/mol. The van der Waals surface area contributed by atoms with E-state index < -0.39 is 0 Å². The van der Waals surface area contributed by atoms with Crippen LogP contribution in [0.5, 0.6) is 5.75 Å². The second-order valence-electron chi connectivity index (χ2n) is 4.33.